The second kappa shape index (κ2) is 3.78. The highest BCUT2D eigenvalue weighted by Gasteiger charge is 1.99. The average Bonchev–Trinajstić information content (AvgIpc) is 2.69. The van der Waals surface area contributed by atoms with Gasteiger partial charge in [-0.2, -0.15) is 0 Å². The molecule has 3 N–H and O–H groups in total. The largest absolute Gasteiger partial charge is 0.396 e. The summed E-state index contributed by atoms with van der Waals surface area (Å²) in [5.41, 5.74) is 7.15. The standard InChI is InChI=1S/C9H10N4O/c10-8-6-11-3-2-9(8)12-5-7-1-4-13-14-7/h1-4,6H,5,10H2,(H,11,12). The molecule has 2 rings (SSSR count). The van der Waals surface area contributed by atoms with Crippen LogP contribution >= 0.6 is 0 Å². The lowest BCUT2D eigenvalue weighted by atomic mass is 10.3. The number of nitrogens with zero attached hydrogens (tertiary/aromatic N) is 2. The van der Waals surface area contributed by atoms with E-state index in [1.165, 1.54) is 0 Å². The van der Waals surface area contributed by atoms with Crippen LogP contribution < -0.4 is 11.1 Å². The van der Waals surface area contributed by atoms with Crippen molar-refractivity contribution in [1.29, 1.82) is 0 Å². The molecular weight excluding hydrogens is 180 g/mol. The van der Waals surface area contributed by atoms with Gasteiger partial charge in [-0.3, -0.25) is 4.98 Å². The summed E-state index contributed by atoms with van der Waals surface area (Å²) in [4.78, 5) is 3.89. The van der Waals surface area contributed by atoms with E-state index in [4.69, 9.17) is 10.3 Å². The van der Waals surface area contributed by atoms with Crippen molar-refractivity contribution in [2.75, 3.05) is 11.1 Å². The van der Waals surface area contributed by atoms with Crippen molar-refractivity contribution in [2.45, 2.75) is 6.54 Å². The van der Waals surface area contributed by atoms with Gasteiger partial charge in [-0.05, 0) is 6.07 Å². The molecule has 5 heteroatoms. The molecule has 0 radical (unpaired) electrons. The number of pyridine rings is 1. The molecule has 2 aromatic rings. The Hall–Kier alpha value is -2.04. The summed E-state index contributed by atoms with van der Waals surface area (Å²) in [6.45, 7) is 0.564. The molecule has 0 aromatic carbocycles. The number of nitrogens with one attached hydrogen (secondary N) is 1. The SMILES string of the molecule is Nc1cnccc1NCc1ccno1. The number of hydrogen-bond donors (Lipinski definition) is 2. The smallest absolute Gasteiger partial charge is 0.155 e. The number of hydrogen-bond acceptors (Lipinski definition) is 5. The first-order valence-electron chi connectivity index (χ1n) is 4.19. The van der Waals surface area contributed by atoms with Gasteiger partial charge in [0.05, 0.1) is 30.3 Å². The van der Waals surface area contributed by atoms with Crippen LogP contribution in [0.1, 0.15) is 5.76 Å². The summed E-state index contributed by atoms with van der Waals surface area (Å²) >= 11 is 0. The Labute approximate surface area is 80.9 Å². The Morgan fingerprint density at radius 2 is 2.29 bits per heavy atom. The fourth-order valence-electron chi connectivity index (χ4n) is 1.08. The van der Waals surface area contributed by atoms with E-state index >= 15 is 0 Å². The van der Waals surface area contributed by atoms with E-state index in [1.54, 1.807) is 24.7 Å². The second-order valence-electron chi connectivity index (χ2n) is 2.80. The summed E-state index contributed by atoms with van der Waals surface area (Å²) in [5.74, 6) is 0.765. The number of nitrogen functional groups attached to an aromatic ring is 1. The molecule has 2 aromatic heterocycles. The molecule has 0 saturated carbocycles. The van der Waals surface area contributed by atoms with E-state index < -0.39 is 0 Å². The molecule has 72 valence electrons. The molecule has 0 unspecified atom stereocenters. The average molecular weight is 190 g/mol. The zero-order valence-corrected chi connectivity index (χ0v) is 7.47. The molecule has 14 heavy (non-hydrogen) atoms. The molecule has 5 nitrogen and oxygen atoms in total. The molecule has 0 aliphatic heterocycles. The Morgan fingerprint density at radius 1 is 1.36 bits per heavy atom. The van der Waals surface area contributed by atoms with Crippen LogP contribution in [0, 0.1) is 0 Å². The fraction of sp³-hybridized carbons (Fsp3) is 0.111. The van der Waals surface area contributed by atoms with Gasteiger partial charge in [-0.15, -0.1) is 0 Å². The van der Waals surface area contributed by atoms with Crippen LogP contribution in [0.2, 0.25) is 0 Å². The Bertz CT molecular complexity index is 399. The number of aromatic nitrogens is 2. The lowest BCUT2D eigenvalue weighted by Gasteiger charge is -2.05. The van der Waals surface area contributed by atoms with E-state index in [-0.39, 0.29) is 0 Å². The summed E-state index contributed by atoms with van der Waals surface area (Å²) in [6, 6.07) is 3.61. The summed E-state index contributed by atoms with van der Waals surface area (Å²) in [6.07, 6.45) is 4.88. The molecule has 0 spiro atoms. The highest BCUT2D eigenvalue weighted by molar-refractivity contribution is 5.64. The minimum Gasteiger partial charge on any atom is -0.396 e. The predicted octanol–water partition coefficient (Wildman–Crippen LogP) is 1.26. The van der Waals surface area contributed by atoms with E-state index in [0.29, 0.717) is 12.2 Å². The van der Waals surface area contributed by atoms with Crippen molar-refractivity contribution in [3.63, 3.8) is 0 Å². The molecule has 0 atom stereocenters. The lowest BCUT2D eigenvalue weighted by molar-refractivity contribution is 0.388. The molecule has 0 bridgehead atoms. The first kappa shape index (κ1) is 8.55. The Kier molecular flexibility index (Phi) is 2.31. The highest BCUT2D eigenvalue weighted by atomic mass is 16.5. The normalized spacial score (nSPS) is 10.0. The summed E-state index contributed by atoms with van der Waals surface area (Å²) < 4.78 is 4.93. The lowest BCUT2D eigenvalue weighted by Crippen LogP contribution is -2.01. The van der Waals surface area contributed by atoms with Crippen molar-refractivity contribution in [1.82, 2.24) is 10.1 Å². The molecule has 0 saturated heterocycles. The quantitative estimate of drug-likeness (QED) is 0.762. The van der Waals surface area contributed by atoms with Gasteiger partial charge in [0.1, 0.15) is 0 Å². The van der Waals surface area contributed by atoms with Gasteiger partial charge in [0.15, 0.2) is 5.76 Å². The molecule has 0 amide bonds. The fourth-order valence-corrected chi connectivity index (χ4v) is 1.08. The third-order valence-electron chi connectivity index (χ3n) is 1.80. The molecule has 0 fully saturated rings. The van der Waals surface area contributed by atoms with E-state index in [2.05, 4.69) is 15.5 Å². The predicted molar refractivity (Wildman–Crippen MR) is 52.5 cm³/mol. The van der Waals surface area contributed by atoms with E-state index in [1.807, 2.05) is 6.07 Å². The first-order valence-corrected chi connectivity index (χ1v) is 4.19. The number of rotatable bonds is 3. The third-order valence-corrected chi connectivity index (χ3v) is 1.80. The van der Waals surface area contributed by atoms with Gasteiger partial charge in [0, 0.05) is 12.3 Å². The topological polar surface area (TPSA) is 77.0 Å². The van der Waals surface area contributed by atoms with Crippen LogP contribution in [0.3, 0.4) is 0 Å². The Morgan fingerprint density at radius 3 is 3.00 bits per heavy atom. The van der Waals surface area contributed by atoms with Crippen LogP contribution in [0.25, 0.3) is 0 Å². The molecule has 0 aliphatic carbocycles. The number of anilines is 2. The van der Waals surface area contributed by atoms with Gasteiger partial charge in [0.2, 0.25) is 0 Å². The zero-order valence-electron chi connectivity index (χ0n) is 7.47. The number of nitrogens with two attached hydrogens (primary N) is 1. The Balaban J connectivity index is 2.02. The van der Waals surface area contributed by atoms with Crippen LogP contribution in [0.15, 0.2) is 35.2 Å². The maximum atomic E-state index is 5.69. The maximum Gasteiger partial charge on any atom is 0.155 e. The van der Waals surface area contributed by atoms with Gasteiger partial charge in [-0.1, -0.05) is 5.16 Å². The summed E-state index contributed by atoms with van der Waals surface area (Å²) in [5, 5.41) is 6.71. The molecule has 0 aliphatic rings. The van der Waals surface area contributed by atoms with Gasteiger partial charge < -0.3 is 15.6 Å². The maximum absolute atomic E-state index is 5.69. The monoisotopic (exact) mass is 190 g/mol. The second-order valence-corrected chi connectivity index (χ2v) is 2.80. The van der Waals surface area contributed by atoms with Crippen molar-refractivity contribution in [2.24, 2.45) is 0 Å². The van der Waals surface area contributed by atoms with Crippen LogP contribution in [0.4, 0.5) is 11.4 Å². The van der Waals surface area contributed by atoms with Crippen molar-refractivity contribution in [3.8, 4) is 0 Å². The first-order chi connectivity index (χ1) is 6.86. The van der Waals surface area contributed by atoms with E-state index in [9.17, 15) is 0 Å². The minimum absolute atomic E-state index is 0.564. The van der Waals surface area contributed by atoms with Crippen LogP contribution in [-0.4, -0.2) is 10.1 Å². The summed E-state index contributed by atoms with van der Waals surface area (Å²) in [7, 11) is 0. The van der Waals surface area contributed by atoms with E-state index in [0.717, 1.165) is 11.4 Å². The van der Waals surface area contributed by atoms with Gasteiger partial charge >= 0.3 is 0 Å². The third kappa shape index (κ3) is 1.82. The zero-order chi connectivity index (χ0) is 9.80. The van der Waals surface area contributed by atoms with Crippen molar-refractivity contribution < 1.29 is 4.52 Å². The highest BCUT2D eigenvalue weighted by Crippen LogP contribution is 2.15. The van der Waals surface area contributed by atoms with Gasteiger partial charge in [0.25, 0.3) is 0 Å². The van der Waals surface area contributed by atoms with Crippen molar-refractivity contribution >= 4 is 11.4 Å². The molecule has 2 heterocycles. The van der Waals surface area contributed by atoms with Gasteiger partial charge in [-0.25, -0.2) is 0 Å². The minimum atomic E-state index is 0.564. The molecular formula is C9H10N4O. The van der Waals surface area contributed by atoms with Crippen LogP contribution in [0.5, 0.6) is 0 Å². The van der Waals surface area contributed by atoms with Crippen molar-refractivity contribution in [3.05, 3.63) is 36.5 Å². The van der Waals surface area contributed by atoms with Crippen LogP contribution in [-0.2, 0) is 6.54 Å².